The van der Waals surface area contributed by atoms with Gasteiger partial charge in [-0.3, -0.25) is 5.32 Å². The van der Waals surface area contributed by atoms with Crippen molar-refractivity contribution in [1.29, 1.82) is 0 Å². The molecular weight excluding hydrogens is 314 g/mol. The van der Waals surface area contributed by atoms with Crippen molar-refractivity contribution in [3.05, 3.63) is 12.3 Å². The Bertz CT molecular complexity index is 590. The van der Waals surface area contributed by atoms with Gasteiger partial charge in [0.2, 0.25) is 0 Å². The Morgan fingerprint density at radius 1 is 1.24 bits per heavy atom. The van der Waals surface area contributed by atoms with E-state index in [1.165, 1.54) is 45.2 Å². The summed E-state index contributed by atoms with van der Waals surface area (Å²) in [7, 11) is 0. The van der Waals surface area contributed by atoms with Crippen molar-refractivity contribution in [2.45, 2.75) is 51.5 Å². The average molecular weight is 345 g/mol. The SMILES string of the molecule is C[C@@H](C1CC1)n1nccc1NC(=O)N1CC[C@H](CN2CCCCC2)C1. The normalized spacial score (nSPS) is 26.0. The molecule has 0 aromatic carbocycles. The molecule has 2 amide bonds. The maximum Gasteiger partial charge on any atom is 0.323 e. The van der Waals surface area contributed by atoms with Crippen molar-refractivity contribution in [2.24, 2.45) is 11.8 Å². The van der Waals surface area contributed by atoms with Crippen molar-refractivity contribution in [1.82, 2.24) is 19.6 Å². The third kappa shape index (κ3) is 4.00. The molecule has 0 unspecified atom stereocenters. The molecule has 0 spiro atoms. The van der Waals surface area contributed by atoms with Crippen LogP contribution in [-0.2, 0) is 0 Å². The first-order valence-electron chi connectivity index (χ1n) is 10.0. The van der Waals surface area contributed by atoms with E-state index in [0.29, 0.717) is 12.0 Å². The van der Waals surface area contributed by atoms with Crippen LogP contribution in [0.15, 0.2) is 12.3 Å². The summed E-state index contributed by atoms with van der Waals surface area (Å²) in [6.07, 6.45) is 9.51. The second-order valence-corrected chi connectivity index (χ2v) is 8.13. The molecule has 2 aliphatic heterocycles. The van der Waals surface area contributed by atoms with E-state index in [-0.39, 0.29) is 6.03 Å². The zero-order chi connectivity index (χ0) is 17.2. The van der Waals surface area contributed by atoms with E-state index >= 15 is 0 Å². The van der Waals surface area contributed by atoms with Crippen molar-refractivity contribution in [3.8, 4) is 0 Å². The molecule has 3 fully saturated rings. The number of nitrogens with one attached hydrogen (secondary N) is 1. The van der Waals surface area contributed by atoms with Gasteiger partial charge >= 0.3 is 6.03 Å². The second kappa shape index (κ2) is 7.36. The lowest BCUT2D eigenvalue weighted by Crippen LogP contribution is -2.37. The Hall–Kier alpha value is -1.56. The van der Waals surface area contributed by atoms with Crippen LogP contribution in [-0.4, -0.2) is 58.3 Å². The Balaban J connectivity index is 1.29. The van der Waals surface area contributed by atoms with Crippen LogP contribution < -0.4 is 5.32 Å². The number of hydrogen-bond acceptors (Lipinski definition) is 3. The summed E-state index contributed by atoms with van der Waals surface area (Å²) in [5.41, 5.74) is 0. The van der Waals surface area contributed by atoms with Crippen LogP contribution in [0.4, 0.5) is 10.6 Å². The number of anilines is 1. The monoisotopic (exact) mass is 345 g/mol. The number of carbonyl (C=O) groups is 1. The van der Waals surface area contributed by atoms with Gasteiger partial charge in [0, 0.05) is 25.7 Å². The van der Waals surface area contributed by atoms with E-state index in [2.05, 4.69) is 22.2 Å². The van der Waals surface area contributed by atoms with E-state index in [9.17, 15) is 4.79 Å². The Morgan fingerprint density at radius 2 is 2.04 bits per heavy atom. The third-order valence-electron chi connectivity index (χ3n) is 6.13. The minimum absolute atomic E-state index is 0.0332. The maximum absolute atomic E-state index is 12.7. The predicted octanol–water partition coefficient (Wildman–Crippen LogP) is 3.19. The van der Waals surface area contributed by atoms with E-state index < -0.39 is 0 Å². The smallest absolute Gasteiger partial charge is 0.323 e. The first-order valence-corrected chi connectivity index (χ1v) is 10.0. The number of amides is 2. The van der Waals surface area contributed by atoms with E-state index in [4.69, 9.17) is 0 Å². The molecule has 6 nitrogen and oxygen atoms in total. The Kier molecular flexibility index (Phi) is 4.97. The van der Waals surface area contributed by atoms with Gasteiger partial charge in [-0.15, -0.1) is 0 Å². The van der Waals surface area contributed by atoms with Crippen LogP contribution in [0.25, 0.3) is 0 Å². The van der Waals surface area contributed by atoms with Crippen molar-refractivity contribution < 1.29 is 4.79 Å². The summed E-state index contributed by atoms with van der Waals surface area (Å²) >= 11 is 0. The van der Waals surface area contributed by atoms with Crippen LogP contribution in [0.3, 0.4) is 0 Å². The molecule has 138 valence electrons. The van der Waals surface area contributed by atoms with Crippen LogP contribution in [0.2, 0.25) is 0 Å². The number of nitrogens with zero attached hydrogens (tertiary/aromatic N) is 4. The summed E-state index contributed by atoms with van der Waals surface area (Å²) in [4.78, 5) is 17.2. The van der Waals surface area contributed by atoms with E-state index in [1.54, 1.807) is 6.20 Å². The first-order chi connectivity index (χ1) is 12.2. The molecule has 2 saturated heterocycles. The third-order valence-corrected chi connectivity index (χ3v) is 6.13. The number of likely N-dealkylation sites (tertiary alicyclic amines) is 2. The topological polar surface area (TPSA) is 53.4 Å². The highest BCUT2D eigenvalue weighted by atomic mass is 16.2. The van der Waals surface area contributed by atoms with Crippen LogP contribution in [0.5, 0.6) is 0 Å². The molecular formula is C19H31N5O. The summed E-state index contributed by atoms with van der Waals surface area (Å²) in [6.45, 7) is 7.58. The van der Waals surface area contributed by atoms with Gasteiger partial charge in [0.1, 0.15) is 5.82 Å². The minimum Gasteiger partial charge on any atom is -0.324 e. The molecule has 1 aromatic rings. The van der Waals surface area contributed by atoms with Crippen molar-refractivity contribution >= 4 is 11.8 Å². The van der Waals surface area contributed by atoms with E-state index in [1.807, 2.05) is 15.6 Å². The lowest BCUT2D eigenvalue weighted by molar-refractivity contribution is 0.192. The van der Waals surface area contributed by atoms with Crippen molar-refractivity contribution in [2.75, 3.05) is 38.0 Å². The first kappa shape index (κ1) is 16.9. The molecule has 3 aliphatic rings. The quantitative estimate of drug-likeness (QED) is 0.892. The van der Waals surface area contributed by atoms with Crippen molar-refractivity contribution in [3.63, 3.8) is 0 Å². The number of piperidine rings is 1. The number of rotatable bonds is 5. The molecule has 1 N–H and O–H groups in total. The highest BCUT2D eigenvalue weighted by Crippen LogP contribution is 2.40. The van der Waals surface area contributed by atoms with Gasteiger partial charge in [-0.1, -0.05) is 6.42 Å². The fourth-order valence-electron chi connectivity index (χ4n) is 4.38. The Morgan fingerprint density at radius 3 is 2.80 bits per heavy atom. The highest BCUT2D eigenvalue weighted by molar-refractivity contribution is 5.88. The fraction of sp³-hybridized carbons (Fsp3) is 0.789. The van der Waals surface area contributed by atoms with Gasteiger partial charge in [0.05, 0.1) is 12.2 Å². The zero-order valence-corrected chi connectivity index (χ0v) is 15.4. The van der Waals surface area contributed by atoms with E-state index in [0.717, 1.165) is 37.8 Å². The van der Waals surface area contributed by atoms with Gasteiger partial charge in [-0.25, -0.2) is 9.48 Å². The van der Waals surface area contributed by atoms with Gasteiger partial charge in [0.25, 0.3) is 0 Å². The zero-order valence-electron chi connectivity index (χ0n) is 15.4. The maximum atomic E-state index is 12.7. The standard InChI is InChI=1S/C19H31N5O/c1-15(17-5-6-17)24-18(7-9-20-24)21-19(25)23-12-8-16(14-23)13-22-10-3-2-4-11-22/h7,9,15-17H,2-6,8,10-14H2,1H3,(H,21,25)/t15-,16+/m0/s1. The molecule has 6 heteroatoms. The molecule has 1 saturated carbocycles. The highest BCUT2D eigenvalue weighted by Gasteiger charge is 2.32. The number of aromatic nitrogens is 2. The molecule has 3 heterocycles. The lowest BCUT2D eigenvalue weighted by atomic mass is 10.1. The second-order valence-electron chi connectivity index (χ2n) is 8.13. The molecule has 25 heavy (non-hydrogen) atoms. The molecule has 0 radical (unpaired) electrons. The molecule has 2 atom stereocenters. The molecule has 0 bridgehead atoms. The summed E-state index contributed by atoms with van der Waals surface area (Å²) in [6, 6.07) is 2.32. The van der Waals surface area contributed by atoms with Crippen LogP contribution >= 0.6 is 0 Å². The number of urea groups is 1. The largest absolute Gasteiger partial charge is 0.324 e. The van der Waals surface area contributed by atoms with Crippen LogP contribution in [0, 0.1) is 11.8 Å². The van der Waals surface area contributed by atoms with Crippen LogP contribution in [0.1, 0.15) is 51.5 Å². The number of carbonyl (C=O) groups excluding carboxylic acids is 1. The molecule has 4 rings (SSSR count). The minimum atomic E-state index is 0.0332. The molecule has 1 aliphatic carbocycles. The predicted molar refractivity (Wildman–Crippen MR) is 98.7 cm³/mol. The Labute approximate surface area is 150 Å². The average Bonchev–Trinajstić information content (AvgIpc) is 3.20. The fourth-order valence-corrected chi connectivity index (χ4v) is 4.38. The summed E-state index contributed by atoms with van der Waals surface area (Å²) < 4.78 is 1.98. The molecule has 1 aromatic heterocycles. The summed E-state index contributed by atoms with van der Waals surface area (Å²) in [5, 5.41) is 7.52. The van der Waals surface area contributed by atoms with Gasteiger partial charge < -0.3 is 9.80 Å². The van der Waals surface area contributed by atoms with Gasteiger partial charge in [-0.05, 0) is 64.0 Å². The lowest BCUT2D eigenvalue weighted by Gasteiger charge is -2.29. The summed E-state index contributed by atoms with van der Waals surface area (Å²) in [5.74, 6) is 2.18. The van der Waals surface area contributed by atoms with Gasteiger partial charge in [0.15, 0.2) is 0 Å². The number of hydrogen-bond donors (Lipinski definition) is 1. The van der Waals surface area contributed by atoms with Gasteiger partial charge in [-0.2, -0.15) is 5.10 Å².